The standard InChI is InChI=1S/C23H25N5S/c24-21(25)28-22(26)27-16-17-29-23(18-10-4-1-5-11-18,19-12-6-2-7-13-19)20-14-8-3-9-15-20/h1-15H,16-17H2,(H6,24,25,26,27,28). The van der Waals surface area contributed by atoms with E-state index in [1.54, 1.807) is 0 Å². The fraction of sp³-hybridized carbons (Fsp3) is 0.130. The average Bonchev–Trinajstić information content (AvgIpc) is 2.75. The van der Waals surface area contributed by atoms with E-state index < -0.39 is 0 Å². The zero-order valence-corrected chi connectivity index (χ0v) is 16.9. The lowest BCUT2D eigenvalue weighted by Crippen LogP contribution is -2.27. The zero-order valence-electron chi connectivity index (χ0n) is 16.1. The molecule has 0 aliphatic rings. The lowest BCUT2D eigenvalue weighted by atomic mass is 9.84. The van der Waals surface area contributed by atoms with Crippen LogP contribution in [0.3, 0.4) is 0 Å². The molecule has 0 atom stereocenters. The van der Waals surface area contributed by atoms with E-state index in [2.05, 4.69) is 82.8 Å². The number of nitrogens with two attached hydrogens (primary N) is 3. The minimum atomic E-state index is -0.371. The molecule has 3 aromatic rings. The van der Waals surface area contributed by atoms with Gasteiger partial charge in [-0.25, -0.2) is 0 Å². The van der Waals surface area contributed by atoms with Gasteiger partial charge in [-0.3, -0.25) is 4.99 Å². The number of rotatable bonds is 7. The van der Waals surface area contributed by atoms with Crippen LogP contribution >= 0.6 is 11.8 Å². The number of nitrogens with zero attached hydrogens (tertiary/aromatic N) is 2. The summed E-state index contributed by atoms with van der Waals surface area (Å²) >= 11 is 1.82. The Kier molecular flexibility index (Phi) is 6.92. The summed E-state index contributed by atoms with van der Waals surface area (Å²) in [4.78, 5) is 8.05. The fourth-order valence-corrected chi connectivity index (χ4v) is 4.69. The minimum Gasteiger partial charge on any atom is -0.370 e. The van der Waals surface area contributed by atoms with E-state index in [9.17, 15) is 0 Å². The molecule has 0 fully saturated rings. The molecular formula is C23H25N5S. The number of benzene rings is 3. The molecule has 0 aliphatic heterocycles. The third-order valence-corrected chi connectivity index (χ3v) is 6.00. The molecule has 5 nitrogen and oxygen atoms in total. The second-order valence-corrected chi connectivity index (χ2v) is 7.71. The number of guanidine groups is 2. The van der Waals surface area contributed by atoms with Crippen molar-refractivity contribution < 1.29 is 0 Å². The maximum absolute atomic E-state index is 5.75. The third kappa shape index (κ3) is 4.97. The van der Waals surface area contributed by atoms with Crippen molar-refractivity contribution in [1.29, 1.82) is 0 Å². The lowest BCUT2D eigenvalue weighted by Gasteiger charge is -2.35. The molecule has 0 amide bonds. The molecule has 0 heterocycles. The zero-order chi connectivity index (χ0) is 20.5. The first kappa shape index (κ1) is 20.5. The highest BCUT2D eigenvalue weighted by molar-refractivity contribution is 8.00. The van der Waals surface area contributed by atoms with Gasteiger partial charge in [0.2, 0.25) is 5.96 Å². The predicted octanol–water partition coefficient (Wildman–Crippen LogP) is 3.30. The van der Waals surface area contributed by atoms with Gasteiger partial charge in [-0.05, 0) is 16.7 Å². The first-order valence-corrected chi connectivity index (χ1v) is 10.3. The Morgan fingerprint density at radius 2 is 1.10 bits per heavy atom. The molecule has 0 spiro atoms. The monoisotopic (exact) mass is 403 g/mol. The van der Waals surface area contributed by atoms with Crippen LogP contribution in [0.4, 0.5) is 0 Å². The van der Waals surface area contributed by atoms with Gasteiger partial charge >= 0.3 is 0 Å². The van der Waals surface area contributed by atoms with Gasteiger partial charge in [-0.2, -0.15) is 4.99 Å². The Morgan fingerprint density at radius 3 is 1.48 bits per heavy atom. The quantitative estimate of drug-likeness (QED) is 0.244. The number of thioether (sulfide) groups is 1. The van der Waals surface area contributed by atoms with Crippen LogP contribution in [-0.2, 0) is 4.75 Å². The highest BCUT2D eigenvalue weighted by atomic mass is 32.2. The highest BCUT2D eigenvalue weighted by Gasteiger charge is 2.36. The second-order valence-electron chi connectivity index (χ2n) is 6.40. The van der Waals surface area contributed by atoms with Crippen molar-refractivity contribution in [2.75, 3.05) is 12.3 Å². The van der Waals surface area contributed by atoms with Gasteiger partial charge in [0.25, 0.3) is 0 Å². The van der Waals surface area contributed by atoms with Crippen molar-refractivity contribution >= 4 is 23.7 Å². The summed E-state index contributed by atoms with van der Waals surface area (Å²) in [6.45, 7) is 0.502. The number of aliphatic imine (C=N–C) groups is 2. The van der Waals surface area contributed by atoms with Crippen LogP contribution in [-0.4, -0.2) is 24.2 Å². The molecule has 0 unspecified atom stereocenters. The van der Waals surface area contributed by atoms with Crippen molar-refractivity contribution in [2.45, 2.75) is 4.75 Å². The van der Waals surface area contributed by atoms with Crippen LogP contribution in [0.15, 0.2) is 101 Å². The van der Waals surface area contributed by atoms with E-state index in [0.29, 0.717) is 6.54 Å². The van der Waals surface area contributed by atoms with Crippen LogP contribution in [0.2, 0.25) is 0 Å². The molecule has 0 saturated heterocycles. The van der Waals surface area contributed by atoms with E-state index in [0.717, 1.165) is 5.75 Å². The van der Waals surface area contributed by atoms with Crippen molar-refractivity contribution in [3.8, 4) is 0 Å². The van der Waals surface area contributed by atoms with Crippen LogP contribution in [0.25, 0.3) is 0 Å². The Bertz CT molecular complexity index is 856. The first-order valence-electron chi connectivity index (χ1n) is 9.33. The lowest BCUT2D eigenvalue weighted by molar-refractivity contribution is 0.892. The molecule has 6 N–H and O–H groups in total. The van der Waals surface area contributed by atoms with Crippen molar-refractivity contribution in [2.24, 2.45) is 27.2 Å². The van der Waals surface area contributed by atoms with Crippen molar-refractivity contribution in [3.05, 3.63) is 108 Å². The number of hydrogen-bond donors (Lipinski definition) is 3. The smallest absolute Gasteiger partial charge is 0.218 e. The van der Waals surface area contributed by atoms with E-state index in [1.807, 2.05) is 30.0 Å². The summed E-state index contributed by atoms with van der Waals surface area (Å²) in [6, 6.07) is 31.6. The largest absolute Gasteiger partial charge is 0.370 e. The molecular weight excluding hydrogens is 378 g/mol. The van der Waals surface area contributed by atoms with Crippen molar-refractivity contribution in [1.82, 2.24) is 0 Å². The highest BCUT2D eigenvalue weighted by Crippen LogP contribution is 2.48. The Balaban J connectivity index is 2.02. The van der Waals surface area contributed by atoms with Gasteiger partial charge < -0.3 is 17.2 Å². The third-order valence-electron chi connectivity index (χ3n) is 4.47. The normalized spacial score (nSPS) is 11.8. The molecule has 29 heavy (non-hydrogen) atoms. The summed E-state index contributed by atoms with van der Waals surface area (Å²) in [5.74, 6) is 0.737. The second kappa shape index (κ2) is 9.80. The molecule has 148 valence electrons. The average molecular weight is 404 g/mol. The summed E-state index contributed by atoms with van der Waals surface area (Å²) < 4.78 is -0.371. The van der Waals surface area contributed by atoms with Gasteiger partial charge in [0, 0.05) is 5.75 Å². The summed E-state index contributed by atoms with van der Waals surface area (Å²) in [5, 5.41) is 0. The fourth-order valence-electron chi connectivity index (χ4n) is 3.30. The molecule has 3 aromatic carbocycles. The van der Waals surface area contributed by atoms with Gasteiger partial charge in [0.15, 0.2) is 5.96 Å². The van der Waals surface area contributed by atoms with Crippen LogP contribution in [0, 0.1) is 0 Å². The van der Waals surface area contributed by atoms with Crippen LogP contribution in [0.5, 0.6) is 0 Å². The summed E-state index contributed by atoms with van der Waals surface area (Å²) in [5.41, 5.74) is 20.1. The van der Waals surface area contributed by atoms with E-state index >= 15 is 0 Å². The molecule has 6 heteroatoms. The SMILES string of the molecule is NC(N)=NC(N)=NCCSC(c1ccccc1)(c1ccccc1)c1ccccc1. The van der Waals surface area contributed by atoms with E-state index in [-0.39, 0.29) is 16.7 Å². The maximum atomic E-state index is 5.75. The van der Waals surface area contributed by atoms with E-state index in [1.165, 1.54) is 16.7 Å². The van der Waals surface area contributed by atoms with Gasteiger partial charge in [0.1, 0.15) is 0 Å². The first-order chi connectivity index (χ1) is 14.1. The molecule has 0 radical (unpaired) electrons. The summed E-state index contributed by atoms with van der Waals surface area (Å²) in [7, 11) is 0. The molecule has 0 aromatic heterocycles. The Labute approximate surface area is 175 Å². The summed E-state index contributed by atoms with van der Waals surface area (Å²) in [6.07, 6.45) is 0. The van der Waals surface area contributed by atoms with E-state index in [4.69, 9.17) is 17.2 Å². The Morgan fingerprint density at radius 1 is 0.690 bits per heavy atom. The Hall–Kier alpha value is -3.25. The predicted molar refractivity (Wildman–Crippen MR) is 124 cm³/mol. The van der Waals surface area contributed by atoms with Crippen molar-refractivity contribution in [3.63, 3.8) is 0 Å². The number of hydrogen-bond acceptors (Lipinski definition) is 2. The van der Waals surface area contributed by atoms with Gasteiger partial charge in [0.05, 0.1) is 11.3 Å². The minimum absolute atomic E-state index is 0.0916. The van der Waals surface area contributed by atoms with Crippen LogP contribution in [0.1, 0.15) is 16.7 Å². The topological polar surface area (TPSA) is 103 Å². The molecule has 0 saturated carbocycles. The molecule has 3 rings (SSSR count). The van der Waals surface area contributed by atoms with Crippen LogP contribution < -0.4 is 17.2 Å². The van der Waals surface area contributed by atoms with Gasteiger partial charge in [-0.15, -0.1) is 11.8 Å². The van der Waals surface area contributed by atoms with Gasteiger partial charge in [-0.1, -0.05) is 91.0 Å². The molecule has 0 bridgehead atoms. The molecule has 0 aliphatic carbocycles. The maximum Gasteiger partial charge on any atom is 0.218 e.